The van der Waals surface area contributed by atoms with Crippen LogP contribution < -0.4 is 14.8 Å². The summed E-state index contributed by atoms with van der Waals surface area (Å²) < 4.78 is 12.1. The molecule has 33 heavy (non-hydrogen) atoms. The highest BCUT2D eigenvalue weighted by molar-refractivity contribution is 7.25. The van der Waals surface area contributed by atoms with Gasteiger partial charge in [-0.25, -0.2) is 9.97 Å². The number of carboxylic acid groups (broad SMARTS) is 1. The first-order chi connectivity index (χ1) is 16.2. The minimum Gasteiger partial charge on any atom is -0.481 e. The first-order valence-corrected chi connectivity index (χ1v) is 12.0. The van der Waals surface area contributed by atoms with Crippen molar-refractivity contribution < 1.29 is 19.4 Å². The number of unbranched alkanes of at least 4 members (excludes halogenated alkanes) is 3. The van der Waals surface area contributed by atoms with Gasteiger partial charge in [0.05, 0.1) is 5.39 Å². The number of nitrogens with one attached hydrogen (secondary N) is 1. The van der Waals surface area contributed by atoms with Crippen LogP contribution in [0.25, 0.3) is 20.3 Å². The van der Waals surface area contributed by atoms with E-state index in [4.69, 9.17) is 24.5 Å². The monoisotopic (exact) mass is 463 g/mol. The molecule has 2 aromatic carbocycles. The molecule has 2 aromatic heterocycles. The molecule has 7 nitrogen and oxygen atoms in total. The second-order valence-electron chi connectivity index (χ2n) is 8.12. The van der Waals surface area contributed by atoms with Gasteiger partial charge in [-0.05, 0) is 36.6 Å². The summed E-state index contributed by atoms with van der Waals surface area (Å²) in [6.07, 6.45) is 4.55. The Hall–Kier alpha value is -3.39. The zero-order valence-corrected chi connectivity index (χ0v) is 19.0. The van der Waals surface area contributed by atoms with Crippen LogP contribution in [0.2, 0.25) is 0 Å². The summed E-state index contributed by atoms with van der Waals surface area (Å²) in [5, 5.41) is 14.5. The Bertz CT molecular complexity index is 1300. The molecular weight excluding hydrogens is 438 g/mol. The topological polar surface area (TPSA) is 93.6 Å². The molecule has 8 heteroatoms. The summed E-state index contributed by atoms with van der Waals surface area (Å²) >= 11 is 1.69. The van der Waals surface area contributed by atoms with E-state index in [1.54, 1.807) is 11.3 Å². The molecule has 3 heterocycles. The summed E-state index contributed by atoms with van der Waals surface area (Å²) in [4.78, 5) is 21.4. The SMILES string of the molecule is O=C(O)CCCCCCc1nc(NCc2ccc3c(c2)OCO3)c2c(n1)sc1ccccc12. The van der Waals surface area contributed by atoms with Crippen LogP contribution in [0, 0.1) is 0 Å². The van der Waals surface area contributed by atoms with E-state index < -0.39 is 5.97 Å². The Kier molecular flexibility index (Phi) is 6.26. The predicted octanol–water partition coefficient (Wildman–Crippen LogP) is 5.76. The van der Waals surface area contributed by atoms with Crippen LogP contribution in [0.1, 0.15) is 43.5 Å². The zero-order valence-electron chi connectivity index (χ0n) is 18.2. The van der Waals surface area contributed by atoms with Crippen LogP contribution in [0.4, 0.5) is 5.82 Å². The number of fused-ring (bicyclic) bond motifs is 4. The fraction of sp³-hybridized carbons (Fsp3) is 0.320. The molecule has 1 aliphatic heterocycles. The van der Waals surface area contributed by atoms with Gasteiger partial charge in [0.2, 0.25) is 6.79 Å². The van der Waals surface area contributed by atoms with E-state index >= 15 is 0 Å². The Balaban J connectivity index is 1.36. The average Bonchev–Trinajstić information content (AvgIpc) is 3.43. The number of rotatable bonds is 10. The van der Waals surface area contributed by atoms with E-state index in [1.807, 2.05) is 30.3 Å². The number of carbonyl (C=O) groups is 1. The molecule has 4 aromatic rings. The molecule has 0 saturated carbocycles. The van der Waals surface area contributed by atoms with Crippen LogP contribution in [0.15, 0.2) is 42.5 Å². The number of carboxylic acids is 1. The molecule has 0 radical (unpaired) electrons. The van der Waals surface area contributed by atoms with E-state index in [2.05, 4.69) is 17.4 Å². The molecular formula is C25H25N3O4S. The van der Waals surface area contributed by atoms with Gasteiger partial charge in [0.1, 0.15) is 16.5 Å². The van der Waals surface area contributed by atoms with Gasteiger partial charge in [0.25, 0.3) is 0 Å². The van der Waals surface area contributed by atoms with Crippen molar-refractivity contribution in [3.05, 3.63) is 53.9 Å². The van der Waals surface area contributed by atoms with Crippen molar-refractivity contribution in [1.82, 2.24) is 9.97 Å². The number of aromatic nitrogens is 2. The summed E-state index contributed by atoms with van der Waals surface area (Å²) in [6.45, 7) is 0.876. The number of benzene rings is 2. The largest absolute Gasteiger partial charge is 0.481 e. The number of nitrogens with zero attached hydrogens (tertiary/aromatic N) is 2. The van der Waals surface area contributed by atoms with Gasteiger partial charge < -0.3 is 19.9 Å². The highest BCUT2D eigenvalue weighted by atomic mass is 32.1. The third-order valence-electron chi connectivity index (χ3n) is 5.72. The number of anilines is 1. The van der Waals surface area contributed by atoms with Gasteiger partial charge in [-0.1, -0.05) is 37.1 Å². The highest BCUT2D eigenvalue weighted by Gasteiger charge is 2.16. The quantitative estimate of drug-likeness (QED) is 0.289. The van der Waals surface area contributed by atoms with Gasteiger partial charge >= 0.3 is 5.97 Å². The second-order valence-corrected chi connectivity index (χ2v) is 9.15. The molecule has 170 valence electrons. The molecule has 0 atom stereocenters. The summed E-state index contributed by atoms with van der Waals surface area (Å²) in [7, 11) is 0. The molecule has 2 N–H and O–H groups in total. The number of thiophene rings is 1. The minimum atomic E-state index is -0.730. The van der Waals surface area contributed by atoms with E-state index in [1.165, 1.54) is 4.70 Å². The first kappa shape index (κ1) is 21.5. The van der Waals surface area contributed by atoms with E-state index in [9.17, 15) is 4.79 Å². The zero-order chi connectivity index (χ0) is 22.6. The van der Waals surface area contributed by atoms with Crippen LogP contribution in [-0.4, -0.2) is 27.8 Å². The van der Waals surface area contributed by atoms with Crippen molar-refractivity contribution in [3.8, 4) is 11.5 Å². The lowest BCUT2D eigenvalue weighted by molar-refractivity contribution is -0.137. The number of ether oxygens (including phenoxy) is 2. The molecule has 5 rings (SSSR count). The molecule has 0 spiro atoms. The maximum absolute atomic E-state index is 10.7. The summed E-state index contributed by atoms with van der Waals surface area (Å²) in [5.74, 6) is 2.48. The number of hydrogen-bond donors (Lipinski definition) is 2. The second kappa shape index (κ2) is 9.62. The fourth-order valence-electron chi connectivity index (χ4n) is 4.06. The third kappa shape index (κ3) is 4.85. The molecule has 0 amide bonds. The van der Waals surface area contributed by atoms with Gasteiger partial charge in [0, 0.05) is 29.5 Å². The van der Waals surface area contributed by atoms with E-state index in [-0.39, 0.29) is 13.2 Å². The van der Waals surface area contributed by atoms with E-state index in [0.29, 0.717) is 13.0 Å². The van der Waals surface area contributed by atoms with Crippen molar-refractivity contribution in [2.75, 3.05) is 12.1 Å². The van der Waals surface area contributed by atoms with Crippen molar-refractivity contribution >= 4 is 43.4 Å². The molecule has 0 bridgehead atoms. The molecule has 0 aliphatic carbocycles. The van der Waals surface area contributed by atoms with Crippen molar-refractivity contribution in [2.24, 2.45) is 0 Å². The van der Waals surface area contributed by atoms with Crippen LogP contribution in [0.5, 0.6) is 11.5 Å². The Morgan fingerprint density at radius 2 is 1.88 bits per heavy atom. The van der Waals surface area contributed by atoms with E-state index in [0.717, 1.165) is 70.0 Å². The van der Waals surface area contributed by atoms with Crippen LogP contribution in [-0.2, 0) is 17.8 Å². The van der Waals surface area contributed by atoms with Gasteiger partial charge in [-0.2, -0.15) is 0 Å². The minimum absolute atomic E-state index is 0.234. The third-order valence-corrected chi connectivity index (χ3v) is 6.79. The standard InChI is InChI=1S/C25H25N3O4S/c29-22(30)10-4-2-1-3-9-21-27-24(23-17-7-5-6-8-20(17)33-25(23)28-21)26-14-16-11-12-18-19(13-16)32-15-31-18/h5-8,11-13H,1-4,9-10,14-15H2,(H,29,30)(H,26,27,28). The Morgan fingerprint density at radius 1 is 1.03 bits per heavy atom. The molecule has 0 saturated heterocycles. The number of hydrogen-bond acceptors (Lipinski definition) is 7. The maximum atomic E-state index is 10.7. The van der Waals surface area contributed by atoms with Crippen LogP contribution in [0.3, 0.4) is 0 Å². The lowest BCUT2D eigenvalue weighted by Gasteiger charge is -2.10. The Morgan fingerprint density at radius 3 is 2.79 bits per heavy atom. The molecule has 0 fully saturated rings. The van der Waals surface area contributed by atoms with Crippen molar-refractivity contribution in [3.63, 3.8) is 0 Å². The Labute approximate surface area is 195 Å². The fourth-order valence-corrected chi connectivity index (χ4v) is 5.15. The first-order valence-electron chi connectivity index (χ1n) is 11.2. The normalized spacial score (nSPS) is 12.5. The van der Waals surface area contributed by atoms with Crippen LogP contribution >= 0.6 is 11.3 Å². The number of aryl methyl sites for hydroxylation is 1. The van der Waals surface area contributed by atoms with Gasteiger partial charge in [0.15, 0.2) is 11.5 Å². The van der Waals surface area contributed by atoms with Gasteiger partial charge in [-0.15, -0.1) is 11.3 Å². The number of aliphatic carboxylic acids is 1. The molecule has 0 unspecified atom stereocenters. The molecule has 1 aliphatic rings. The van der Waals surface area contributed by atoms with Crippen molar-refractivity contribution in [1.29, 1.82) is 0 Å². The average molecular weight is 464 g/mol. The lowest BCUT2D eigenvalue weighted by Crippen LogP contribution is -2.05. The maximum Gasteiger partial charge on any atom is 0.303 e. The predicted molar refractivity (Wildman–Crippen MR) is 129 cm³/mol. The highest BCUT2D eigenvalue weighted by Crippen LogP contribution is 2.37. The smallest absolute Gasteiger partial charge is 0.303 e. The summed E-state index contributed by atoms with van der Waals surface area (Å²) in [5.41, 5.74) is 1.09. The van der Waals surface area contributed by atoms with Crippen molar-refractivity contribution in [2.45, 2.75) is 45.1 Å². The lowest BCUT2D eigenvalue weighted by atomic mass is 10.1. The van der Waals surface area contributed by atoms with Gasteiger partial charge in [-0.3, -0.25) is 4.79 Å². The summed E-state index contributed by atoms with van der Waals surface area (Å²) in [6, 6.07) is 14.3.